The van der Waals surface area contributed by atoms with Crippen molar-refractivity contribution in [2.75, 3.05) is 0 Å². The molecule has 0 aromatic heterocycles. The van der Waals surface area contributed by atoms with E-state index in [1.165, 1.54) is 0 Å². The van der Waals surface area contributed by atoms with Gasteiger partial charge in [0.25, 0.3) is 0 Å². The lowest BCUT2D eigenvalue weighted by atomic mass is 10.7. The van der Waals surface area contributed by atoms with Crippen molar-refractivity contribution in [1.29, 1.82) is 0 Å². The zero-order valence-electron chi connectivity index (χ0n) is 3.79. The van der Waals surface area contributed by atoms with Crippen LogP contribution in [0, 0.1) is 0 Å². The van der Waals surface area contributed by atoms with E-state index in [-0.39, 0.29) is 0 Å². The van der Waals surface area contributed by atoms with Crippen LogP contribution >= 0.6 is 0 Å². The van der Waals surface area contributed by atoms with Gasteiger partial charge in [0.2, 0.25) is 0 Å². The third-order valence-electron chi connectivity index (χ3n) is 0.381. The SMILES string of the molecule is NOC(=O)C(=O)ON. The van der Waals surface area contributed by atoms with Gasteiger partial charge in [0.05, 0.1) is 0 Å². The molecule has 6 heteroatoms. The summed E-state index contributed by atoms with van der Waals surface area (Å²) in [7, 11) is 0. The van der Waals surface area contributed by atoms with Crippen LogP contribution in [-0.2, 0) is 19.3 Å². The van der Waals surface area contributed by atoms with Crippen molar-refractivity contribution in [2.45, 2.75) is 0 Å². The molecule has 0 heterocycles. The minimum Gasteiger partial charge on any atom is -0.365 e. The zero-order valence-corrected chi connectivity index (χ0v) is 3.79. The van der Waals surface area contributed by atoms with Gasteiger partial charge in [0.15, 0.2) is 0 Å². The molecule has 6 nitrogen and oxygen atoms in total. The summed E-state index contributed by atoms with van der Waals surface area (Å²) in [5.74, 6) is 5.83. The second-order valence-electron chi connectivity index (χ2n) is 0.811. The van der Waals surface area contributed by atoms with Gasteiger partial charge in [-0.05, 0) is 0 Å². The van der Waals surface area contributed by atoms with E-state index >= 15 is 0 Å². The highest BCUT2D eigenvalue weighted by Gasteiger charge is 2.14. The van der Waals surface area contributed by atoms with Crippen LogP contribution in [0.5, 0.6) is 0 Å². The molecule has 0 bridgehead atoms. The molecular formula is C2H4N2O4. The summed E-state index contributed by atoms with van der Waals surface area (Å²) < 4.78 is 0. The standard InChI is InChI=1S/C2H4N2O4/c3-7-1(5)2(6)8-4/h3-4H2. The highest BCUT2D eigenvalue weighted by molar-refractivity contribution is 6.29. The topological polar surface area (TPSA) is 105 Å². The van der Waals surface area contributed by atoms with Crippen molar-refractivity contribution < 1.29 is 19.3 Å². The van der Waals surface area contributed by atoms with Crippen molar-refractivity contribution in [2.24, 2.45) is 11.8 Å². The van der Waals surface area contributed by atoms with Crippen LogP contribution in [0.3, 0.4) is 0 Å². The molecule has 0 aromatic carbocycles. The molecule has 0 fully saturated rings. The van der Waals surface area contributed by atoms with E-state index in [0.29, 0.717) is 0 Å². The Morgan fingerprint density at radius 3 is 1.38 bits per heavy atom. The Kier molecular flexibility index (Phi) is 2.52. The van der Waals surface area contributed by atoms with Crippen LogP contribution in [0.4, 0.5) is 0 Å². The Hall–Kier alpha value is -1.14. The molecule has 0 atom stereocenters. The summed E-state index contributed by atoms with van der Waals surface area (Å²) in [6.45, 7) is 0. The first kappa shape index (κ1) is 6.86. The minimum atomic E-state index is -1.33. The van der Waals surface area contributed by atoms with E-state index in [1.807, 2.05) is 0 Å². The average molecular weight is 120 g/mol. The molecule has 0 unspecified atom stereocenters. The van der Waals surface area contributed by atoms with Crippen LogP contribution in [0.2, 0.25) is 0 Å². The quantitative estimate of drug-likeness (QED) is 0.278. The van der Waals surface area contributed by atoms with E-state index < -0.39 is 11.9 Å². The zero-order chi connectivity index (χ0) is 6.57. The van der Waals surface area contributed by atoms with E-state index in [0.717, 1.165) is 0 Å². The number of carbonyl (C=O) groups excluding carboxylic acids is 2. The predicted octanol–water partition coefficient (Wildman–Crippen LogP) is -2.18. The van der Waals surface area contributed by atoms with Crippen LogP contribution < -0.4 is 11.8 Å². The van der Waals surface area contributed by atoms with Crippen LogP contribution in [0.1, 0.15) is 0 Å². The summed E-state index contributed by atoms with van der Waals surface area (Å²) in [5.41, 5.74) is 0. The molecule has 0 aliphatic rings. The fourth-order valence-corrected chi connectivity index (χ4v) is 0.0962. The number of hydrogen-bond acceptors (Lipinski definition) is 6. The third kappa shape index (κ3) is 1.54. The number of hydrogen-bond donors (Lipinski definition) is 2. The first-order valence-electron chi connectivity index (χ1n) is 1.54. The van der Waals surface area contributed by atoms with E-state index in [2.05, 4.69) is 21.5 Å². The Balaban J connectivity index is 3.64. The van der Waals surface area contributed by atoms with E-state index in [9.17, 15) is 9.59 Å². The van der Waals surface area contributed by atoms with Gasteiger partial charge in [-0.15, -0.1) is 0 Å². The first-order valence-corrected chi connectivity index (χ1v) is 1.54. The molecule has 0 amide bonds. The monoisotopic (exact) mass is 120 g/mol. The minimum absolute atomic E-state index is 1.33. The van der Waals surface area contributed by atoms with E-state index in [1.54, 1.807) is 0 Å². The van der Waals surface area contributed by atoms with E-state index in [4.69, 9.17) is 0 Å². The molecule has 46 valence electrons. The summed E-state index contributed by atoms with van der Waals surface area (Å²) in [4.78, 5) is 26.5. The number of rotatable bonds is 0. The third-order valence-corrected chi connectivity index (χ3v) is 0.381. The first-order chi connectivity index (χ1) is 3.72. The molecule has 0 radical (unpaired) electrons. The maximum atomic E-state index is 9.84. The molecule has 0 rings (SSSR count). The van der Waals surface area contributed by atoms with Crippen molar-refractivity contribution in [3.8, 4) is 0 Å². The fraction of sp³-hybridized carbons (Fsp3) is 0. The van der Waals surface area contributed by atoms with Gasteiger partial charge in [0, 0.05) is 0 Å². The largest absolute Gasteiger partial charge is 0.437 e. The summed E-state index contributed by atoms with van der Waals surface area (Å²) in [5, 5.41) is 0. The van der Waals surface area contributed by atoms with Crippen LogP contribution in [-0.4, -0.2) is 11.9 Å². The van der Waals surface area contributed by atoms with Crippen molar-refractivity contribution in [3.05, 3.63) is 0 Å². The number of nitrogens with two attached hydrogens (primary N) is 2. The molecule has 0 saturated carbocycles. The molecule has 0 saturated heterocycles. The maximum absolute atomic E-state index is 9.84. The second kappa shape index (κ2) is 2.94. The summed E-state index contributed by atoms with van der Waals surface area (Å²) in [6.07, 6.45) is 0. The summed E-state index contributed by atoms with van der Waals surface area (Å²) >= 11 is 0. The lowest BCUT2D eigenvalue weighted by Gasteiger charge is -1.90. The van der Waals surface area contributed by atoms with Gasteiger partial charge in [-0.25, -0.2) is 9.59 Å². The maximum Gasteiger partial charge on any atom is 0.437 e. The molecular weight excluding hydrogens is 116 g/mol. The predicted molar refractivity (Wildman–Crippen MR) is 20.6 cm³/mol. The van der Waals surface area contributed by atoms with Crippen molar-refractivity contribution >= 4 is 11.9 Å². The fourth-order valence-electron chi connectivity index (χ4n) is 0.0962. The lowest BCUT2D eigenvalue weighted by Crippen LogP contribution is -2.25. The molecule has 8 heavy (non-hydrogen) atoms. The Bertz CT molecular complexity index is 96.6. The van der Waals surface area contributed by atoms with Gasteiger partial charge in [-0.3, -0.25) is 0 Å². The smallest absolute Gasteiger partial charge is 0.365 e. The summed E-state index contributed by atoms with van der Waals surface area (Å²) in [6, 6.07) is 0. The normalized spacial score (nSPS) is 7.75. The van der Waals surface area contributed by atoms with Crippen LogP contribution in [0.25, 0.3) is 0 Å². The lowest BCUT2D eigenvalue weighted by molar-refractivity contribution is -0.168. The highest BCUT2D eigenvalue weighted by atomic mass is 16.7. The van der Waals surface area contributed by atoms with Crippen molar-refractivity contribution in [3.63, 3.8) is 0 Å². The van der Waals surface area contributed by atoms with Crippen molar-refractivity contribution in [1.82, 2.24) is 0 Å². The van der Waals surface area contributed by atoms with Gasteiger partial charge < -0.3 is 9.68 Å². The molecule has 0 spiro atoms. The molecule has 0 aliphatic heterocycles. The van der Waals surface area contributed by atoms with Crippen LogP contribution in [0.15, 0.2) is 0 Å². The highest BCUT2D eigenvalue weighted by Crippen LogP contribution is 1.71. The van der Waals surface area contributed by atoms with Gasteiger partial charge in [-0.2, -0.15) is 11.8 Å². The van der Waals surface area contributed by atoms with Gasteiger partial charge in [0.1, 0.15) is 0 Å². The Morgan fingerprint density at radius 1 is 1.00 bits per heavy atom. The van der Waals surface area contributed by atoms with Gasteiger partial charge >= 0.3 is 11.9 Å². The second-order valence-corrected chi connectivity index (χ2v) is 0.811. The Morgan fingerprint density at radius 2 is 1.25 bits per heavy atom. The Labute approximate surface area is 44.2 Å². The number of carbonyl (C=O) groups is 2. The molecule has 0 aliphatic carbocycles. The average Bonchev–Trinajstić information content (AvgIpc) is 1.84. The molecule has 4 N–H and O–H groups in total. The molecule has 0 aromatic rings. The van der Waals surface area contributed by atoms with Gasteiger partial charge in [-0.1, -0.05) is 0 Å².